The largest absolute Gasteiger partial charge is 0.466 e. The second-order valence-corrected chi connectivity index (χ2v) is 5.75. The van der Waals surface area contributed by atoms with Crippen molar-refractivity contribution in [1.82, 2.24) is 0 Å². The van der Waals surface area contributed by atoms with Gasteiger partial charge in [0.25, 0.3) is 0 Å². The summed E-state index contributed by atoms with van der Waals surface area (Å²) in [4.78, 5) is 11.1. The van der Waals surface area contributed by atoms with Gasteiger partial charge in [0.2, 0.25) is 0 Å². The lowest BCUT2D eigenvalue weighted by Crippen LogP contribution is -2.30. The molecule has 0 heterocycles. The predicted octanol–water partition coefficient (Wildman–Crippen LogP) is 1.13. The van der Waals surface area contributed by atoms with Crippen molar-refractivity contribution in [2.45, 2.75) is 25.6 Å². The molecule has 0 saturated carbocycles. The maximum Gasteiger partial charge on any atom is 0.361 e. The van der Waals surface area contributed by atoms with Crippen molar-refractivity contribution < 1.29 is 28.3 Å². The summed E-state index contributed by atoms with van der Waals surface area (Å²) in [7, 11) is -1.42. The molecule has 0 fully saturated rings. The third kappa shape index (κ3) is 3.57. The highest BCUT2D eigenvalue weighted by atomic mass is 31.2. The molecule has 6 nitrogen and oxygen atoms in total. The van der Waals surface area contributed by atoms with Crippen molar-refractivity contribution in [3.05, 3.63) is 0 Å². The fourth-order valence-electron chi connectivity index (χ4n) is 1.05. The number of hydrogen-bond acceptors (Lipinski definition) is 6. The van der Waals surface area contributed by atoms with Crippen LogP contribution in [0.4, 0.5) is 0 Å². The second kappa shape index (κ2) is 5.61. The Hall–Kier alpha value is -0.420. The summed E-state index contributed by atoms with van der Waals surface area (Å²) in [6.07, 6.45) is -0.445. The number of aliphatic hydroxyl groups is 1. The molecule has 0 radical (unpaired) electrons. The number of hydrogen-bond donors (Lipinski definition) is 1. The molecule has 0 aliphatic rings. The lowest BCUT2D eigenvalue weighted by molar-refractivity contribution is -0.146. The molecule has 1 N–H and O–H groups in total. The van der Waals surface area contributed by atoms with E-state index in [1.165, 1.54) is 6.92 Å². The summed E-state index contributed by atoms with van der Waals surface area (Å²) in [6, 6.07) is 0. The normalized spacial score (nSPS) is 15.8. The van der Waals surface area contributed by atoms with Crippen molar-refractivity contribution in [2.75, 3.05) is 20.8 Å². The Morgan fingerprint density at radius 2 is 1.87 bits per heavy atom. The van der Waals surface area contributed by atoms with Crippen molar-refractivity contribution in [3.8, 4) is 0 Å². The van der Waals surface area contributed by atoms with E-state index in [4.69, 9.17) is 0 Å². The first kappa shape index (κ1) is 14.6. The Kier molecular flexibility index (Phi) is 5.45. The summed E-state index contributed by atoms with van der Waals surface area (Å²) in [5.74, 6) is -0.656. The van der Waals surface area contributed by atoms with Crippen molar-refractivity contribution in [3.63, 3.8) is 0 Å². The summed E-state index contributed by atoms with van der Waals surface area (Å²) < 4.78 is 25.7. The molecule has 0 aromatic carbocycles. The minimum atomic E-state index is -3.71. The first-order valence-corrected chi connectivity index (χ1v) is 5.97. The Bertz CT molecular complexity index is 254. The van der Waals surface area contributed by atoms with Gasteiger partial charge < -0.3 is 18.9 Å². The van der Waals surface area contributed by atoms with E-state index in [-0.39, 0.29) is 6.61 Å². The van der Waals surface area contributed by atoms with E-state index < -0.39 is 25.3 Å². The van der Waals surface area contributed by atoms with E-state index in [0.29, 0.717) is 0 Å². The summed E-state index contributed by atoms with van der Waals surface area (Å²) in [6.45, 7) is 3.04. The number of esters is 1. The van der Waals surface area contributed by atoms with Crippen LogP contribution in [0.2, 0.25) is 0 Å². The van der Waals surface area contributed by atoms with Crippen LogP contribution < -0.4 is 0 Å². The molecule has 0 amide bonds. The maximum atomic E-state index is 11.8. The lowest BCUT2D eigenvalue weighted by Gasteiger charge is -2.28. The Morgan fingerprint density at radius 3 is 2.20 bits per heavy atom. The smallest absolute Gasteiger partial charge is 0.361 e. The highest BCUT2D eigenvalue weighted by Crippen LogP contribution is 2.58. The minimum absolute atomic E-state index is 0.194. The molecule has 90 valence electrons. The molecular formula is C8H17O6P. The Morgan fingerprint density at radius 1 is 1.40 bits per heavy atom. The predicted molar refractivity (Wildman–Crippen MR) is 53.5 cm³/mol. The zero-order valence-electron chi connectivity index (χ0n) is 9.35. The molecule has 0 rings (SSSR count). The molecule has 0 aromatic rings. The van der Waals surface area contributed by atoms with E-state index in [1.807, 2.05) is 0 Å². The van der Waals surface area contributed by atoms with Gasteiger partial charge in [-0.2, -0.15) is 0 Å². The van der Waals surface area contributed by atoms with Gasteiger partial charge in [-0.25, -0.2) is 0 Å². The van der Waals surface area contributed by atoms with Crippen LogP contribution in [0.5, 0.6) is 0 Å². The molecule has 0 aromatic heterocycles. The molecule has 0 aliphatic heterocycles. The Balaban J connectivity index is 4.66. The van der Waals surface area contributed by atoms with Crippen LogP contribution in [-0.2, 0) is 23.1 Å². The average Bonchev–Trinajstić information content (AvgIpc) is 2.15. The zero-order valence-corrected chi connectivity index (χ0v) is 10.2. The van der Waals surface area contributed by atoms with Gasteiger partial charge in [-0.1, -0.05) is 0 Å². The number of carbonyl (C=O) groups excluding carboxylic acids is 1. The fraction of sp³-hybridized carbons (Fsp3) is 0.875. The van der Waals surface area contributed by atoms with E-state index in [2.05, 4.69) is 13.8 Å². The van der Waals surface area contributed by atoms with Crippen LogP contribution in [0.25, 0.3) is 0 Å². The van der Waals surface area contributed by atoms with Gasteiger partial charge in [-0.15, -0.1) is 0 Å². The second-order valence-electron chi connectivity index (χ2n) is 3.06. The van der Waals surface area contributed by atoms with Crippen LogP contribution >= 0.6 is 7.60 Å². The quantitative estimate of drug-likeness (QED) is 0.553. The van der Waals surface area contributed by atoms with Gasteiger partial charge in [-0.05, 0) is 13.8 Å². The number of rotatable bonds is 6. The molecule has 0 bridgehead atoms. The van der Waals surface area contributed by atoms with Crippen LogP contribution in [0.1, 0.15) is 20.3 Å². The maximum absolute atomic E-state index is 11.8. The van der Waals surface area contributed by atoms with Crippen LogP contribution in [0.3, 0.4) is 0 Å². The summed E-state index contributed by atoms with van der Waals surface area (Å²) >= 11 is 0. The number of ether oxygens (including phenoxy) is 1. The highest BCUT2D eigenvalue weighted by molar-refractivity contribution is 7.55. The van der Waals surface area contributed by atoms with Gasteiger partial charge in [0.1, 0.15) is 0 Å². The lowest BCUT2D eigenvalue weighted by atomic mass is 10.3. The van der Waals surface area contributed by atoms with E-state index in [1.54, 1.807) is 6.92 Å². The SMILES string of the molecule is CCOC(=O)C[C@@](C)(O)P(=O)(OC)OC. The topological polar surface area (TPSA) is 82.1 Å². The molecule has 15 heavy (non-hydrogen) atoms. The van der Waals surface area contributed by atoms with Gasteiger partial charge in [0, 0.05) is 14.2 Å². The number of carbonyl (C=O) groups is 1. The van der Waals surface area contributed by atoms with Crippen molar-refractivity contribution in [1.29, 1.82) is 0 Å². The van der Waals surface area contributed by atoms with Crippen molar-refractivity contribution >= 4 is 13.6 Å². The van der Waals surface area contributed by atoms with Gasteiger partial charge in [0.05, 0.1) is 13.0 Å². The van der Waals surface area contributed by atoms with Crippen LogP contribution in [0.15, 0.2) is 0 Å². The van der Waals surface area contributed by atoms with Gasteiger partial charge in [0.15, 0.2) is 5.34 Å². The molecule has 0 spiro atoms. The third-order valence-corrected chi connectivity index (χ3v) is 4.15. The van der Waals surface area contributed by atoms with Gasteiger partial charge in [-0.3, -0.25) is 9.36 Å². The molecule has 1 atom stereocenters. The van der Waals surface area contributed by atoms with E-state index in [0.717, 1.165) is 14.2 Å². The fourth-order valence-corrected chi connectivity index (χ4v) is 2.31. The van der Waals surface area contributed by atoms with Gasteiger partial charge >= 0.3 is 13.6 Å². The molecule has 0 aliphatic carbocycles. The monoisotopic (exact) mass is 240 g/mol. The van der Waals surface area contributed by atoms with E-state index >= 15 is 0 Å². The molecule has 0 saturated heterocycles. The zero-order chi connectivity index (χ0) is 12.1. The van der Waals surface area contributed by atoms with Crippen LogP contribution in [0, 0.1) is 0 Å². The van der Waals surface area contributed by atoms with Crippen LogP contribution in [-0.4, -0.2) is 37.2 Å². The van der Waals surface area contributed by atoms with Crippen molar-refractivity contribution in [2.24, 2.45) is 0 Å². The minimum Gasteiger partial charge on any atom is -0.466 e. The van der Waals surface area contributed by atoms with E-state index in [9.17, 15) is 14.5 Å². The summed E-state index contributed by atoms with van der Waals surface area (Å²) in [5.41, 5.74) is 0. The molecule has 0 unspecified atom stereocenters. The molecular weight excluding hydrogens is 223 g/mol. The first-order chi connectivity index (χ1) is 6.83. The average molecular weight is 240 g/mol. The molecule has 7 heteroatoms. The first-order valence-electron chi connectivity index (χ1n) is 4.42. The standard InChI is InChI=1S/C8H17O6P/c1-5-14-7(9)6-8(2,10)15(11,12-3)13-4/h10H,5-6H2,1-4H3/t8-/m0/s1. The third-order valence-electron chi connectivity index (χ3n) is 1.86. The Labute approximate surface area is 89.1 Å². The highest BCUT2D eigenvalue weighted by Gasteiger charge is 2.46. The summed E-state index contributed by atoms with van der Waals surface area (Å²) in [5, 5.41) is 7.93.